The number of fused-ring (bicyclic) bond motifs is 2. The quantitative estimate of drug-likeness (QED) is 0.00729. The summed E-state index contributed by atoms with van der Waals surface area (Å²) < 4.78 is 0. The Hall–Kier alpha value is -14.8. The van der Waals surface area contributed by atoms with Gasteiger partial charge in [0.2, 0.25) is 100 Å². The summed E-state index contributed by atoms with van der Waals surface area (Å²) in [5, 5.41) is 113. The first kappa shape index (κ1) is 113. The van der Waals surface area contributed by atoms with Crippen LogP contribution in [0.2, 0.25) is 0 Å². The Balaban J connectivity index is 1.08. The number of phenolic OH excluding ortho intramolecular Hbond substituents is 1. The highest BCUT2D eigenvalue weighted by Crippen LogP contribution is 2.23. The predicted octanol–water partition coefficient (Wildman–Crippen LogP) is -7.63. The second kappa shape index (κ2) is 56.9. The third kappa shape index (κ3) is 36.8. The normalized spacial score (nSPS) is 14.8. The number of aromatic nitrogens is 4. The third-order valence-corrected chi connectivity index (χ3v) is 22.8. The summed E-state index contributed by atoms with van der Waals surface area (Å²) in [5.74, 6) is -20.9. The zero-order valence-electron chi connectivity index (χ0n) is 77.5. The molecule has 764 valence electrons. The maximum Gasteiger partial charge on any atom is 0.303 e. The number of carboxylic acids is 1. The molecule has 7 aromatic rings. The van der Waals surface area contributed by atoms with Gasteiger partial charge in [-0.05, 0) is 112 Å². The zero-order chi connectivity index (χ0) is 104. The van der Waals surface area contributed by atoms with Crippen molar-refractivity contribution >= 4 is 159 Å². The van der Waals surface area contributed by atoms with E-state index in [2.05, 4.69) is 136 Å². The molecule has 17 atom stereocenters. The van der Waals surface area contributed by atoms with E-state index in [0.29, 0.717) is 44.1 Å². The van der Waals surface area contributed by atoms with Gasteiger partial charge in [-0.2, -0.15) is 25.3 Å². The number of imidazole rings is 1. The third-order valence-electron chi connectivity index (χ3n) is 22.1. The molecule has 0 spiro atoms. The number of amides is 17. The number of carbonyl (C=O) groups excluding carboxylic acids is 17. The number of benzene rings is 4. The van der Waals surface area contributed by atoms with Crippen molar-refractivity contribution in [2.75, 3.05) is 44.3 Å². The summed E-state index contributed by atoms with van der Waals surface area (Å²) in [5.41, 5.74) is 19.8. The van der Waals surface area contributed by atoms with E-state index in [0.717, 1.165) is 20.8 Å². The van der Waals surface area contributed by atoms with Gasteiger partial charge in [-0.15, -0.1) is 0 Å². The van der Waals surface area contributed by atoms with E-state index in [4.69, 9.17) is 22.6 Å². The number of phenols is 1. The highest BCUT2D eigenvalue weighted by atomic mass is 32.1. The zero-order valence-corrected chi connectivity index (χ0v) is 79.3. The second-order valence-corrected chi connectivity index (χ2v) is 34.0. The van der Waals surface area contributed by atoms with Crippen molar-refractivity contribution in [3.8, 4) is 5.75 Å². The molecule has 33 N–H and O–H groups in total. The molecule has 49 nitrogen and oxygen atoms in total. The van der Waals surface area contributed by atoms with Gasteiger partial charge in [-0.3, -0.25) is 91.7 Å². The van der Waals surface area contributed by atoms with E-state index < -0.39 is 253 Å². The van der Waals surface area contributed by atoms with Crippen molar-refractivity contribution in [1.29, 1.82) is 5.41 Å². The van der Waals surface area contributed by atoms with Gasteiger partial charge in [0, 0.05) is 110 Å². The number of nitrogens with two attached hydrogens (primary N) is 3. The summed E-state index contributed by atoms with van der Waals surface area (Å²) >= 11 is 8.57. The van der Waals surface area contributed by atoms with Crippen molar-refractivity contribution in [1.82, 2.24) is 110 Å². The van der Waals surface area contributed by atoms with Gasteiger partial charge in [0.15, 0.2) is 5.96 Å². The largest absolute Gasteiger partial charge is 0.508 e. The molecular formula is C90H123N25O24S2. The Kier molecular flexibility index (Phi) is 45.7. The van der Waals surface area contributed by atoms with Crippen LogP contribution in [0.4, 0.5) is 0 Å². The number of aromatic hydroxyl groups is 1. The van der Waals surface area contributed by atoms with Crippen LogP contribution < -0.4 is 108 Å². The van der Waals surface area contributed by atoms with Crippen molar-refractivity contribution < 1.29 is 117 Å². The molecule has 141 heavy (non-hydrogen) atoms. The minimum Gasteiger partial charge on any atom is -0.508 e. The number of hydrogen-bond acceptors (Lipinski definition) is 28. The predicted molar refractivity (Wildman–Crippen MR) is 515 cm³/mol. The lowest BCUT2D eigenvalue weighted by Gasteiger charge is -2.29. The van der Waals surface area contributed by atoms with Crippen molar-refractivity contribution in [2.24, 2.45) is 17.2 Å². The minimum absolute atomic E-state index is 0.0297. The van der Waals surface area contributed by atoms with E-state index in [-0.39, 0.29) is 94.7 Å². The monoisotopic (exact) mass is 2000 g/mol. The number of nitrogens with one attached hydrogen (secondary N) is 21. The van der Waals surface area contributed by atoms with Gasteiger partial charge in [0.05, 0.1) is 44.3 Å². The Morgan fingerprint density at radius 3 is 1.26 bits per heavy atom. The highest BCUT2D eigenvalue weighted by Gasteiger charge is 2.41. The van der Waals surface area contributed by atoms with Crippen LogP contribution in [-0.4, -0.2) is 310 Å². The molecule has 0 saturated heterocycles. The Bertz CT molecular complexity index is 5480. The molecule has 3 aromatic heterocycles. The van der Waals surface area contributed by atoms with Gasteiger partial charge in [-0.25, -0.2) is 4.98 Å². The topological polar surface area (TPSA) is 795 Å². The van der Waals surface area contributed by atoms with Crippen LogP contribution in [0.1, 0.15) is 101 Å². The molecule has 0 fully saturated rings. The maximum absolute atomic E-state index is 15.3. The first-order valence-corrected chi connectivity index (χ1v) is 46.2. The second-order valence-electron chi connectivity index (χ2n) is 33.2. The molecule has 0 aliphatic rings. The van der Waals surface area contributed by atoms with Crippen LogP contribution in [-0.2, 0) is 118 Å². The molecule has 0 saturated carbocycles. The number of aliphatic carboxylic acids is 1. The van der Waals surface area contributed by atoms with Gasteiger partial charge < -0.3 is 153 Å². The number of thiol groups is 2. The van der Waals surface area contributed by atoms with Crippen LogP contribution in [0.15, 0.2) is 128 Å². The van der Waals surface area contributed by atoms with Crippen LogP contribution in [0.5, 0.6) is 5.75 Å². The van der Waals surface area contributed by atoms with Gasteiger partial charge in [0.25, 0.3) is 0 Å². The fourth-order valence-corrected chi connectivity index (χ4v) is 15.1. The molecule has 0 radical (unpaired) electrons. The molecule has 3 heterocycles. The van der Waals surface area contributed by atoms with Gasteiger partial charge >= 0.3 is 5.97 Å². The Morgan fingerprint density at radius 2 is 0.794 bits per heavy atom. The van der Waals surface area contributed by atoms with E-state index in [1.54, 1.807) is 85.1 Å². The number of rotatable bonds is 59. The standard InChI is InChI=1S/C90H123N25O24S2/c1-45(117)73(113-71(123)40-100-76(126)61(27-28-72(124)125)104-78(128)59(102-48(4)120)22-14-30-96-90(93)94)87(137)112-69(43-141)86(136)110-67(41-116)84(134)115-75(47(3)119)89(139)109-65(34-52-37-98-58-20-11-9-18-56(52)58)81(131)103-60(21-12-13-29-91)79(129)111-68(42-140)85(135)105-63(32-50-23-25-54(121)26-24-50)80(130)106-64(33-51-36-97-57-19-10-8-17-55(51)57)82(132)107-66(35-53-38-95-44-101-53)83(133)114-74(46(2)118)88(138)108-62(77(127)99-39-70(92)122)31-49-15-6-5-7-16-49/h5-11,15-20,23-26,36-38,44-47,59-69,73-75,97-98,116-119,121,140-141H,12-14,21-22,27-35,39-43,91H2,1-4H3,(H2,92,122)(H,95,101)(H,99,127)(H,100,126)(H,102,120)(H,103,131)(H,104,128)(H,105,135)(H,106,130)(H,107,132)(H,108,138)(H,109,139)(H,110,136)(H,111,129)(H,112,137)(H,113,123)(H,114,133)(H,115,134)(H,124,125)(H4,93,94,96)/t45-,46-,47-,59+,60+,61+,62+,63+,64+,65+,66+,67+,68+,69+,73+,74+,75+/m1/s1. The lowest BCUT2D eigenvalue weighted by atomic mass is 10.0. The van der Waals surface area contributed by atoms with E-state index in [1.165, 1.54) is 49.9 Å². The lowest BCUT2D eigenvalue weighted by molar-refractivity contribution is -0.138. The molecule has 0 bridgehead atoms. The van der Waals surface area contributed by atoms with E-state index in [1.807, 2.05) is 0 Å². The molecule has 0 aliphatic carbocycles. The van der Waals surface area contributed by atoms with Crippen molar-refractivity contribution in [2.45, 2.75) is 208 Å². The van der Waals surface area contributed by atoms with Crippen LogP contribution in [0, 0.1) is 5.41 Å². The molecule has 0 aliphatic heterocycles. The van der Waals surface area contributed by atoms with Crippen LogP contribution >= 0.6 is 25.3 Å². The summed E-state index contributed by atoms with van der Waals surface area (Å²) in [6.45, 7) is 1.86. The van der Waals surface area contributed by atoms with Crippen LogP contribution in [0.25, 0.3) is 21.8 Å². The average molecular weight is 2000 g/mol. The summed E-state index contributed by atoms with van der Waals surface area (Å²) in [4.78, 5) is 263. The number of carboxylic acid groups (broad SMARTS) is 1. The number of aliphatic hydroxyl groups excluding tert-OH is 4. The van der Waals surface area contributed by atoms with Crippen LogP contribution in [0.3, 0.4) is 0 Å². The van der Waals surface area contributed by atoms with Crippen molar-refractivity contribution in [3.05, 3.63) is 156 Å². The van der Waals surface area contributed by atoms with E-state index in [9.17, 15) is 103 Å². The van der Waals surface area contributed by atoms with E-state index >= 15 is 14.4 Å². The number of aliphatic hydroxyl groups is 4. The molecule has 17 amide bonds. The lowest BCUT2D eigenvalue weighted by Crippen LogP contribution is -2.63. The number of nitrogens with zero attached hydrogens (tertiary/aromatic N) is 1. The number of unbranched alkanes of at least 4 members (excludes halogenated alkanes) is 1. The number of H-pyrrole nitrogens is 3. The number of aromatic amines is 3. The fourth-order valence-electron chi connectivity index (χ4n) is 14.6. The molecular weight excluding hydrogens is 1880 g/mol. The SMILES string of the molecule is CC(=O)N[C@@H](CCCNC(=N)N)C(=O)N[C@@H](CCC(=O)O)C(=O)NCC(=O)N[C@H](C(=O)N[C@@H](CS)C(=O)N[C@@H](CO)C(=O)N[C@H](C(=O)N[C@@H](Cc1c[nH]c2ccccc12)C(=O)N[C@@H](CCCCN)C(=O)N[C@@H](CS)C(=O)N[C@@H](Cc1ccc(O)cc1)C(=O)N[C@@H](Cc1c[nH]c2ccccc12)C(=O)N[C@@H](Cc1cnc[nH]1)C(=O)N[C@H](C(=O)N[C@@H](Cc1ccccc1)C(=O)NCC(N)=O)[C@@H](C)O)[C@@H](C)O)[C@@H](C)O. The number of primary amides is 1. The Morgan fingerprint density at radius 1 is 0.411 bits per heavy atom. The molecule has 4 aromatic carbocycles. The van der Waals surface area contributed by atoms with Gasteiger partial charge in [0.1, 0.15) is 90.3 Å². The maximum atomic E-state index is 15.3. The number of carbonyl (C=O) groups is 18. The summed E-state index contributed by atoms with van der Waals surface area (Å²) in [7, 11) is 0. The number of para-hydroxylation sites is 2. The smallest absolute Gasteiger partial charge is 0.303 e. The van der Waals surface area contributed by atoms with Gasteiger partial charge in [-0.1, -0.05) is 78.9 Å². The summed E-state index contributed by atoms with van der Waals surface area (Å²) in [6.07, 6.45) is -1.87. The molecule has 0 unspecified atom stereocenters. The highest BCUT2D eigenvalue weighted by molar-refractivity contribution is 7.80. The molecule has 51 heteroatoms. The Labute approximate surface area is 818 Å². The first-order valence-electron chi connectivity index (χ1n) is 44.9. The average Bonchev–Trinajstić information content (AvgIpc) is 1.69. The first-order chi connectivity index (χ1) is 67.1. The fraction of sp³-hybridized carbons (Fsp3) is 0.444. The number of hydrogen-bond donors (Lipinski definition) is 32. The van der Waals surface area contributed by atoms with Crippen molar-refractivity contribution in [3.63, 3.8) is 0 Å². The minimum atomic E-state index is -2.03. The number of guanidine groups is 1. The summed E-state index contributed by atoms with van der Waals surface area (Å²) in [6, 6.07) is 3.86. The molecule has 7 rings (SSSR count).